The van der Waals surface area contributed by atoms with E-state index >= 15 is 0 Å². The second-order valence-electron chi connectivity index (χ2n) is 3.38. The van der Waals surface area contributed by atoms with Gasteiger partial charge in [0, 0.05) is 12.1 Å². The van der Waals surface area contributed by atoms with Gasteiger partial charge >= 0.3 is 6.61 Å². The Balaban J connectivity index is 2.78. The van der Waals surface area contributed by atoms with Gasteiger partial charge in [0.2, 0.25) is 0 Å². The lowest BCUT2D eigenvalue weighted by molar-refractivity contribution is -0.0498. The van der Waals surface area contributed by atoms with E-state index in [1.165, 1.54) is 29.2 Å². The van der Waals surface area contributed by atoms with Crippen LogP contribution in [-0.2, 0) is 0 Å². The molecule has 0 aliphatic rings. The molecule has 4 nitrogen and oxygen atoms in total. The van der Waals surface area contributed by atoms with E-state index in [0.29, 0.717) is 12.1 Å². The number of nitrogens with zero attached hydrogens (tertiary/aromatic N) is 2. The summed E-state index contributed by atoms with van der Waals surface area (Å²) in [5.74, 6) is -0.326. The lowest BCUT2D eigenvalue weighted by atomic mass is 10.2. The maximum atomic E-state index is 11.9. The van der Waals surface area contributed by atoms with Gasteiger partial charge in [-0.25, -0.2) is 0 Å². The van der Waals surface area contributed by atoms with Crippen molar-refractivity contribution in [3.05, 3.63) is 29.8 Å². The van der Waals surface area contributed by atoms with E-state index in [-0.39, 0.29) is 18.2 Å². The van der Waals surface area contributed by atoms with Crippen molar-refractivity contribution in [1.82, 2.24) is 4.90 Å². The second-order valence-corrected chi connectivity index (χ2v) is 3.38. The molecule has 0 spiro atoms. The first-order chi connectivity index (χ1) is 8.58. The number of hydrogen-bond acceptors (Lipinski definition) is 3. The monoisotopic (exact) mass is 254 g/mol. The maximum absolute atomic E-state index is 11.9. The third kappa shape index (κ3) is 3.70. The van der Waals surface area contributed by atoms with Crippen molar-refractivity contribution in [3.63, 3.8) is 0 Å². The van der Waals surface area contributed by atoms with Crippen molar-refractivity contribution in [1.29, 1.82) is 5.26 Å². The number of benzene rings is 1. The van der Waals surface area contributed by atoms with Gasteiger partial charge in [-0.3, -0.25) is 4.79 Å². The predicted molar refractivity (Wildman–Crippen MR) is 60.3 cm³/mol. The number of carbonyl (C=O) groups is 1. The first-order valence-corrected chi connectivity index (χ1v) is 5.29. The summed E-state index contributed by atoms with van der Waals surface area (Å²) in [7, 11) is 0. The molecule has 0 saturated heterocycles. The highest BCUT2D eigenvalue weighted by molar-refractivity contribution is 5.94. The minimum atomic E-state index is -2.89. The second kappa shape index (κ2) is 6.55. The van der Waals surface area contributed by atoms with Gasteiger partial charge in [0.1, 0.15) is 12.3 Å². The van der Waals surface area contributed by atoms with Crippen LogP contribution < -0.4 is 4.74 Å². The van der Waals surface area contributed by atoms with Gasteiger partial charge in [0.15, 0.2) is 0 Å². The Hall–Kier alpha value is -2.16. The fourth-order valence-electron chi connectivity index (χ4n) is 1.37. The zero-order chi connectivity index (χ0) is 13.5. The number of hydrogen-bond donors (Lipinski definition) is 0. The number of rotatable bonds is 5. The predicted octanol–water partition coefficient (Wildman–Crippen LogP) is 2.27. The molecule has 0 bridgehead atoms. The van der Waals surface area contributed by atoms with E-state index in [9.17, 15) is 13.6 Å². The smallest absolute Gasteiger partial charge is 0.387 e. The van der Waals surface area contributed by atoms with Crippen LogP contribution in [0.4, 0.5) is 8.78 Å². The average molecular weight is 254 g/mol. The van der Waals surface area contributed by atoms with Crippen molar-refractivity contribution in [2.75, 3.05) is 13.1 Å². The van der Waals surface area contributed by atoms with Gasteiger partial charge in [-0.2, -0.15) is 14.0 Å². The number of halogens is 2. The molecule has 96 valence electrons. The zero-order valence-electron chi connectivity index (χ0n) is 9.77. The van der Waals surface area contributed by atoms with Crippen LogP contribution in [0.5, 0.6) is 5.75 Å². The van der Waals surface area contributed by atoms with Gasteiger partial charge in [-0.05, 0) is 31.2 Å². The van der Waals surface area contributed by atoms with Gasteiger partial charge < -0.3 is 9.64 Å². The molecule has 0 radical (unpaired) electrons. The van der Waals surface area contributed by atoms with E-state index < -0.39 is 6.61 Å². The number of alkyl halides is 2. The third-order valence-electron chi connectivity index (χ3n) is 2.26. The molecule has 0 aliphatic carbocycles. The van der Waals surface area contributed by atoms with Crippen LogP contribution in [0.15, 0.2) is 24.3 Å². The quantitative estimate of drug-likeness (QED) is 0.757. The Kier molecular flexibility index (Phi) is 5.06. The fraction of sp³-hybridized carbons (Fsp3) is 0.333. The molecule has 0 aliphatic heterocycles. The molecular weight excluding hydrogens is 242 g/mol. The number of amides is 1. The number of nitriles is 1. The molecule has 18 heavy (non-hydrogen) atoms. The normalized spacial score (nSPS) is 9.94. The average Bonchev–Trinajstić information content (AvgIpc) is 2.35. The summed E-state index contributed by atoms with van der Waals surface area (Å²) in [6.07, 6.45) is 0. The lowest BCUT2D eigenvalue weighted by Crippen LogP contribution is -2.31. The zero-order valence-corrected chi connectivity index (χ0v) is 9.77. The van der Waals surface area contributed by atoms with E-state index in [1.54, 1.807) is 6.92 Å². The minimum absolute atomic E-state index is 0.00931. The highest BCUT2D eigenvalue weighted by Crippen LogP contribution is 2.15. The Morgan fingerprint density at radius 3 is 2.50 bits per heavy atom. The minimum Gasteiger partial charge on any atom is -0.435 e. The summed E-state index contributed by atoms with van der Waals surface area (Å²) in [4.78, 5) is 13.2. The molecule has 0 saturated carbocycles. The van der Waals surface area contributed by atoms with Gasteiger partial charge in [-0.15, -0.1) is 0 Å². The summed E-state index contributed by atoms with van der Waals surface area (Å²) >= 11 is 0. The molecule has 0 heterocycles. The Morgan fingerprint density at radius 1 is 1.44 bits per heavy atom. The molecule has 6 heteroatoms. The van der Waals surface area contributed by atoms with Crippen LogP contribution in [0.1, 0.15) is 17.3 Å². The van der Waals surface area contributed by atoms with Gasteiger partial charge in [-0.1, -0.05) is 0 Å². The van der Waals surface area contributed by atoms with Crippen molar-refractivity contribution in [3.8, 4) is 11.8 Å². The molecule has 0 N–H and O–H groups in total. The summed E-state index contributed by atoms with van der Waals surface area (Å²) in [6, 6.07) is 7.25. The standard InChI is InChI=1S/C12H12F2N2O2/c1-2-16(8-7-15)11(17)9-3-5-10(6-4-9)18-12(13)14/h3-6,12H,2,8H2,1H3. The summed E-state index contributed by atoms with van der Waals surface area (Å²) < 4.78 is 28.0. The number of ether oxygens (including phenoxy) is 1. The van der Waals surface area contributed by atoms with Crippen LogP contribution in [-0.4, -0.2) is 30.5 Å². The van der Waals surface area contributed by atoms with Gasteiger partial charge in [0.05, 0.1) is 6.07 Å². The third-order valence-corrected chi connectivity index (χ3v) is 2.26. The summed E-state index contributed by atoms with van der Waals surface area (Å²) in [5, 5.41) is 8.56. The van der Waals surface area contributed by atoms with Crippen molar-refractivity contribution >= 4 is 5.91 Å². The van der Waals surface area contributed by atoms with E-state index in [1.807, 2.05) is 6.07 Å². The van der Waals surface area contributed by atoms with E-state index in [2.05, 4.69) is 4.74 Å². The molecule has 0 aromatic heterocycles. The Labute approximate surface area is 103 Å². The van der Waals surface area contributed by atoms with Crippen LogP contribution in [0.2, 0.25) is 0 Å². The highest BCUT2D eigenvalue weighted by Gasteiger charge is 2.14. The lowest BCUT2D eigenvalue weighted by Gasteiger charge is -2.17. The molecule has 1 aromatic rings. The van der Waals surface area contributed by atoms with Gasteiger partial charge in [0.25, 0.3) is 5.91 Å². The molecule has 0 unspecified atom stereocenters. The maximum Gasteiger partial charge on any atom is 0.387 e. The van der Waals surface area contributed by atoms with Crippen LogP contribution in [0.25, 0.3) is 0 Å². The SMILES string of the molecule is CCN(CC#N)C(=O)c1ccc(OC(F)F)cc1. The van der Waals surface area contributed by atoms with Crippen LogP contribution >= 0.6 is 0 Å². The Morgan fingerprint density at radius 2 is 2.06 bits per heavy atom. The summed E-state index contributed by atoms with van der Waals surface area (Å²) in [5.41, 5.74) is 0.328. The highest BCUT2D eigenvalue weighted by atomic mass is 19.3. The van der Waals surface area contributed by atoms with Crippen molar-refractivity contribution in [2.45, 2.75) is 13.5 Å². The largest absolute Gasteiger partial charge is 0.435 e. The molecule has 0 atom stereocenters. The van der Waals surface area contributed by atoms with Crippen molar-refractivity contribution in [2.24, 2.45) is 0 Å². The molecule has 1 aromatic carbocycles. The molecule has 1 rings (SSSR count). The van der Waals surface area contributed by atoms with Crippen LogP contribution in [0.3, 0.4) is 0 Å². The summed E-state index contributed by atoms with van der Waals surface area (Å²) in [6.45, 7) is -0.743. The first-order valence-electron chi connectivity index (χ1n) is 5.29. The molecule has 0 fully saturated rings. The van der Waals surface area contributed by atoms with E-state index in [0.717, 1.165) is 0 Å². The number of carbonyl (C=O) groups excluding carboxylic acids is 1. The Bertz CT molecular complexity index is 440. The molecule has 1 amide bonds. The molecular formula is C12H12F2N2O2. The topological polar surface area (TPSA) is 53.3 Å². The fourth-order valence-corrected chi connectivity index (χ4v) is 1.37. The van der Waals surface area contributed by atoms with Crippen molar-refractivity contribution < 1.29 is 18.3 Å². The van der Waals surface area contributed by atoms with Crippen LogP contribution in [0, 0.1) is 11.3 Å². The first kappa shape index (κ1) is 13.9. The van der Waals surface area contributed by atoms with E-state index in [4.69, 9.17) is 5.26 Å².